The highest BCUT2D eigenvalue weighted by atomic mass is 19.1. The number of ether oxygens (including phenoxy) is 1. The lowest BCUT2D eigenvalue weighted by Crippen LogP contribution is -2.42. The van der Waals surface area contributed by atoms with Crippen LogP contribution in [0.4, 0.5) is 4.39 Å². The Hall–Kier alpha value is -2.44. The number of carbonyl (C=O) groups is 3. The van der Waals surface area contributed by atoms with E-state index >= 15 is 0 Å². The first kappa shape index (κ1) is 19.9. The van der Waals surface area contributed by atoms with Crippen LogP contribution in [0.15, 0.2) is 24.3 Å². The summed E-state index contributed by atoms with van der Waals surface area (Å²) in [7, 11) is 0. The topological polar surface area (TPSA) is 75.7 Å². The molecule has 1 N–H and O–H groups in total. The molecule has 1 aromatic carbocycles. The Labute approximate surface area is 152 Å². The number of carbonyl (C=O) groups excluding carboxylic acids is 3. The number of likely N-dealkylation sites (tertiary alicyclic amines) is 1. The van der Waals surface area contributed by atoms with Crippen molar-refractivity contribution in [1.82, 2.24) is 10.2 Å². The van der Waals surface area contributed by atoms with Crippen LogP contribution in [0.3, 0.4) is 0 Å². The summed E-state index contributed by atoms with van der Waals surface area (Å²) in [6, 6.07) is 5.41. The van der Waals surface area contributed by atoms with Gasteiger partial charge in [0.25, 0.3) is 11.8 Å². The molecular formula is C19H25FN2O4. The molecule has 1 fully saturated rings. The predicted octanol–water partition coefficient (Wildman–Crippen LogP) is 2.14. The SMILES string of the molecule is CCCNC(=O)[C@H](C)OC(=O)C1CCN(C(=O)c2ccc(F)cc2)CC1. The van der Waals surface area contributed by atoms with E-state index in [9.17, 15) is 18.8 Å². The Bertz CT molecular complexity index is 639. The first-order valence-electron chi connectivity index (χ1n) is 8.95. The van der Waals surface area contributed by atoms with Gasteiger partial charge in [0.1, 0.15) is 5.82 Å². The summed E-state index contributed by atoms with van der Waals surface area (Å²) in [5.41, 5.74) is 0.425. The Kier molecular flexibility index (Phi) is 7.12. The van der Waals surface area contributed by atoms with Crippen LogP contribution >= 0.6 is 0 Å². The van der Waals surface area contributed by atoms with Gasteiger partial charge >= 0.3 is 5.97 Å². The number of hydrogen-bond acceptors (Lipinski definition) is 4. The molecule has 0 bridgehead atoms. The van der Waals surface area contributed by atoms with Crippen LogP contribution in [0.2, 0.25) is 0 Å². The van der Waals surface area contributed by atoms with Crippen molar-refractivity contribution in [2.24, 2.45) is 5.92 Å². The molecule has 1 heterocycles. The predicted molar refractivity (Wildman–Crippen MR) is 93.9 cm³/mol. The monoisotopic (exact) mass is 364 g/mol. The van der Waals surface area contributed by atoms with Crippen LogP contribution in [0, 0.1) is 11.7 Å². The third kappa shape index (κ3) is 5.28. The molecule has 1 aromatic rings. The number of rotatable bonds is 6. The van der Waals surface area contributed by atoms with Gasteiger partial charge in [0.2, 0.25) is 0 Å². The average molecular weight is 364 g/mol. The van der Waals surface area contributed by atoms with Gasteiger partial charge in [-0.15, -0.1) is 0 Å². The molecule has 26 heavy (non-hydrogen) atoms. The number of nitrogens with one attached hydrogen (secondary N) is 1. The second kappa shape index (κ2) is 9.31. The maximum absolute atomic E-state index is 13.0. The summed E-state index contributed by atoms with van der Waals surface area (Å²) in [6.07, 6.45) is 0.949. The van der Waals surface area contributed by atoms with Gasteiger partial charge in [0.15, 0.2) is 6.10 Å². The number of esters is 1. The van der Waals surface area contributed by atoms with E-state index in [0.717, 1.165) is 6.42 Å². The molecule has 2 rings (SSSR count). The molecule has 6 nitrogen and oxygen atoms in total. The van der Waals surface area contributed by atoms with Gasteiger partial charge in [-0.1, -0.05) is 6.92 Å². The third-order valence-corrected chi connectivity index (χ3v) is 4.42. The fourth-order valence-electron chi connectivity index (χ4n) is 2.81. The first-order valence-corrected chi connectivity index (χ1v) is 8.95. The first-order chi connectivity index (χ1) is 12.4. The number of piperidine rings is 1. The molecule has 0 spiro atoms. The zero-order chi connectivity index (χ0) is 19.1. The summed E-state index contributed by atoms with van der Waals surface area (Å²) >= 11 is 0. The van der Waals surface area contributed by atoms with E-state index in [1.54, 1.807) is 11.8 Å². The number of nitrogens with zero attached hydrogens (tertiary/aromatic N) is 1. The van der Waals surface area contributed by atoms with Gasteiger partial charge in [0, 0.05) is 25.2 Å². The Morgan fingerprint density at radius 1 is 1.23 bits per heavy atom. The second-order valence-corrected chi connectivity index (χ2v) is 6.44. The van der Waals surface area contributed by atoms with E-state index in [-0.39, 0.29) is 23.5 Å². The van der Waals surface area contributed by atoms with Crippen LogP contribution in [-0.2, 0) is 14.3 Å². The molecule has 0 radical (unpaired) electrons. The molecule has 0 saturated carbocycles. The molecule has 1 aliphatic rings. The van der Waals surface area contributed by atoms with Crippen LogP contribution < -0.4 is 5.32 Å². The number of hydrogen-bond donors (Lipinski definition) is 1. The third-order valence-electron chi connectivity index (χ3n) is 4.42. The van der Waals surface area contributed by atoms with E-state index in [1.165, 1.54) is 24.3 Å². The van der Waals surface area contributed by atoms with Crippen molar-refractivity contribution in [1.29, 1.82) is 0 Å². The molecule has 1 atom stereocenters. The van der Waals surface area contributed by atoms with Crippen molar-refractivity contribution in [2.75, 3.05) is 19.6 Å². The highest BCUT2D eigenvalue weighted by Gasteiger charge is 2.30. The molecule has 2 amide bonds. The number of benzene rings is 1. The molecule has 0 aromatic heterocycles. The minimum atomic E-state index is -0.826. The van der Waals surface area contributed by atoms with Crippen molar-refractivity contribution in [2.45, 2.75) is 39.2 Å². The number of amides is 2. The highest BCUT2D eigenvalue weighted by Crippen LogP contribution is 2.21. The van der Waals surface area contributed by atoms with Crippen LogP contribution in [-0.4, -0.2) is 48.4 Å². The summed E-state index contributed by atoms with van der Waals surface area (Å²) < 4.78 is 18.2. The largest absolute Gasteiger partial charge is 0.452 e. The van der Waals surface area contributed by atoms with Gasteiger partial charge < -0.3 is 15.0 Å². The minimum absolute atomic E-state index is 0.177. The lowest BCUT2D eigenvalue weighted by Gasteiger charge is -2.31. The Morgan fingerprint density at radius 3 is 2.42 bits per heavy atom. The smallest absolute Gasteiger partial charge is 0.309 e. The van der Waals surface area contributed by atoms with Crippen molar-refractivity contribution < 1.29 is 23.5 Å². The highest BCUT2D eigenvalue weighted by molar-refractivity contribution is 5.94. The van der Waals surface area contributed by atoms with Crippen LogP contribution in [0.25, 0.3) is 0 Å². The molecule has 142 valence electrons. The summed E-state index contributed by atoms with van der Waals surface area (Å²) in [5.74, 6) is -1.60. The van der Waals surface area contributed by atoms with Crippen molar-refractivity contribution >= 4 is 17.8 Å². The van der Waals surface area contributed by atoms with Gasteiger partial charge in [-0.25, -0.2) is 4.39 Å². The van der Waals surface area contributed by atoms with Gasteiger partial charge in [0.05, 0.1) is 5.92 Å². The van der Waals surface area contributed by atoms with Crippen molar-refractivity contribution in [3.8, 4) is 0 Å². The molecule has 1 aliphatic heterocycles. The molecular weight excluding hydrogens is 339 g/mol. The van der Waals surface area contributed by atoms with Crippen LogP contribution in [0.1, 0.15) is 43.5 Å². The van der Waals surface area contributed by atoms with E-state index in [4.69, 9.17) is 4.74 Å². The zero-order valence-electron chi connectivity index (χ0n) is 15.2. The molecule has 7 heteroatoms. The standard InChI is InChI=1S/C19H25FN2O4/c1-3-10-21-17(23)13(2)26-19(25)15-8-11-22(12-9-15)18(24)14-4-6-16(20)7-5-14/h4-7,13,15H,3,8-12H2,1-2H3,(H,21,23)/t13-/m0/s1. The quantitative estimate of drug-likeness (QED) is 0.785. The zero-order valence-corrected chi connectivity index (χ0v) is 15.2. The lowest BCUT2D eigenvalue weighted by molar-refractivity contribution is -0.160. The maximum Gasteiger partial charge on any atom is 0.309 e. The van der Waals surface area contributed by atoms with E-state index in [1.807, 2.05) is 6.92 Å². The van der Waals surface area contributed by atoms with E-state index < -0.39 is 12.1 Å². The second-order valence-electron chi connectivity index (χ2n) is 6.44. The summed E-state index contributed by atoms with van der Waals surface area (Å²) in [6.45, 7) is 4.89. The normalized spacial score (nSPS) is 16.0. The molecule has 0 unspecified atom stereocenters. The van der Waals surface area contributed by atoms with Gasteiger partial charge in [-0.2, -0.15) is 0 Å². The fourth-order valence-corrected chi connectivity index (χ4v) is 2.81. The van der Waals surface area contributed by atoms with Gasteiger partial charge in [-0.3, -0.25) is 14.4 Å². The number of halogens is 1. The molecule has 0 aliphatic carbocycles. The van der Waals surface area contributed by atoms with E-state index in [0.29, 0.717) is 38.0 Å². The molecule has 1 saturated heterocycles. The minimum Gasteiger partial charge on any atom is -0.452 e. The van der Waals surface area contributed by atoms with Crippen molar-refractivity contribution in [3.63, 3.8) is 0 Å². The maximum atomic E-state index is 13.0. The fraction of sp³-hybridized carbons (Fsp3) is 0.526. The average Bonchev–Trinajstić information content (AvgIpc) is 2.66. The summed E-state index contributed by atoms with van der Waals surface area (Å²) in [5, 5.41) is 2.69. The Balaban J connectivity index is 1.81. The van der Waals surface area contributed by atoms with Crippen LogP contribution in [0.5, 0.6) is 0 Å². The van der Waals surface area contributed by atoms with E-state index in [2.05, 4.69) is 5.32 Å². The Morgan fingerprint density at radius 2 is 1.85 bits per heavy atom. The van der Waals surface area contributed by atoms with Gasteiger partial charge in [-0.05, 0) is 50.5 Å². The van der Waals surface area contributed by atoms with Crippen molar-refractivity contribution in [3.05, 3.63) is 35.6 Å². The lowest BCUT2D eigenvalue weighted by atomic mass is 9.96. The summed E-state index contributed by atoms with van der Waals surface area (Å²) in [4.78, 5) is 38.0.